The molecule has 0 aliphatic rings. The molecular weight excluding hydrogens is 240 g/mol. The van der Waals surface area contributed by atoms with Gasteiger partial charge in [0.2, 0.25) is 0 Å². The molecule has 0 aliphatic carbocycles. The fraction of sp³-hybridized carbons (Fsp3) is 0.333. The predicted octanol–water partition coefficient (Wildman–Crippen LogP) is 0.902. The topological polar surface area (TPSA) is 84.7 Å². The van der Waals surface area contributed by atoms with E-state index in [0.29, 0.717) is 11.5 Å². The van der Waals surface area contributed by atoms with Crippen molar-refractivity contribution in [1.82, 2.24) is 24.7 Å². The molecular formula is C9H12N6OS. The van der Waals surface area contributed by atoms with Crippen LogP contribution in [0, 0.1) is 6.92 Å². The Kier molecular flexibility index (Phi) is 3.33. The van der Waals surface area contributed by atoms with Crippen LogP contribution in [-0.2, 0) is 13.6 Å². The summed E-state index contributed by atoms with van der Waals surface area (Å²) in [6, 6.07) is -0.278. The molecule has 8 heteroatoms. The highest BCUT2D eigenvalue weighted by Gasteiger charge is 2.06. The third-order valence-electron chi connectivity index (χ3n) is 2.37. The highest BCUT2D eigenvalue weighted by molar-refractivity contribution is 7.10. The minimum Gasteiger partial charge on any atom is -0.334 e. The second kappa shape index (κ2) is 4.91. The minimum atomic E-state index is -0.278. The number of aryl methyl sites for hydroxylation is 1. The Labute approximate surface area is 102 Å². The van der Waals surface area contributed by atoms with Crippen LogP contribution < -0.4 is 10.6 Å². The molecule has 17 heavy (non-hydrogen) atoms. The van der Waals surface area contributed by atoms with Gasteiger partial charge in [0.15, 0.2) is 0 Å². The molecule has 0 bridgehead atoms. The number of rotatable bonds is 3. The Morgan fingerprint density at radius 2 is 2.35 bits per heavy atom. The van der Waals surface area contributed by atoms with Crippen LogP contribution in [0.1, 0.15) is 11.3 Å². The van der Waals surface area contributed by atoms with Gasteiger partial charge in [-0.05, 0) is 6.92 Å². The van der Waals surface area contributed by atoms with Gasteiger partial charge in [0, 0.05) is 36.4 Å². The van der Waals surface area contributed by atoms with E-state index in [1.54, 1.807) is 10.9 Å². The van der Waals surface area contributed by atoms with Gasteiger partial charge in [0.1, 0.15) is 5.00 Å². The SMILES string of the molecule is Cc1c(CNC(=O)Nc2cnns2)cnn1C. The molecule has 2 amide bonds. The van der Waals surface area contributed by atoms with E-state index in [-0.39, 0.29) is 6.03 Å². The summed E-state index contributed by atoms with van der Waals surface area (Å²) in [5.41, 5.74) is 2.02. The molecule has 0 saturated carbocycles. The Bertz CT molecular complexity index is 506. The molecule has 90 valence electrons. The van der Waals surface area contributed by atoms with Crippen molar-refractivity contribution in [2.45, 2.75) is 13.5 Å². The first-order valence-corrected chi connectivity index (χ1v) is 5.74. The van der Waals surface area contributed by atoms with Gasteiger partial charge in [-0.2, -0.15) is 5.10 Å². The minimum absolute atomic E-state index is 0.278. The first-order chi connectivity index (χ1) is 8.16. The number of carbonyl (C=O) groups excluding carboxylic acids is 1. The zero-order valence-electron chi connectivity index (χ0n) is 9.47. The van der Waals surface area contributed by atoms with Crippen molar-refractivity contribution in [2.24, 2.45) is 7.05 Å². The van der Waals surface area contributed by atoms with Gasteiger partial charge in [-0.3, -0.25) is 10.00 Å². The van der Waals surface area contributed by atoms with E-state index in [1.807, 2.05) is 14.0 Å². The van der Waals surface area contributed by atoms with E-state index in [1.165, 1.54) is 6.20 Å². The number of aromatic nitrogens is 4. The van der Waals surface area contributed by atoms with E-state index in [4.69, 9.17) is 0 Å². The van der Waals surface area contributed by atoms with Gasteiger partial charge in [0.05, 0.1) is 12.4 Å². The lowest BCUT2D eigenvalue weighted by molar-refractivity contribution is 0.252. The number of urea groups is 1. The second-order valence-electron chi connectivity index (χ2n) is 3.47. The van der Waals surface area contributed by atoms with E-state index < -0.39 is 0 Å². The highest BCUT2D eigenvalue weighted by atomic mass is 32.1. The average Bonchev–Trinajstić information content (AvgIpc) is 2.90. The van der Waals surface area contributed by atoms with Crippen molar-refractivity contribution in [1.29, 1.82) is 0 Å². The number of hydrogen-bond donors (Lipinski definition) is 2. The van der Waals surface area contributed by atoms with E-state index in [9.17, 15) is 4.79 Å². The Morgan fingerprint density at radius 1 is 1.53 bits per heavy atom. The fourth-order valence-electron chi connectivity index (χ4n) is 1.27. The average molecular weight is 252 g/mol. The number of hydrogen-bond acceptors (Lipinski definition) is 5. The normalized spacial score (nSPS) is 10.2. The Morgan fingerprint density at radius 3 is 2.94 bits per heavy atom. The van der Waals surface area contributed by atoms with Crippen molar-refractivity contribution in [2.75, 3.05) is 5.32 Å². The molecule has 0 atom stereocenters. The van der Waals surface area contributed by atoms with Crippen LogP contribution in [0.25, 0.3) is 0 Å². The summed E-state index contributed by atoms with van der Waals surface area (Å²) in [6.07, 6.45) is 3.24. The summed E-state index contributed by atoms with van der Waals surface area (Å²) in [5, 5.41) is 13.7. The molecule has 0 unspecified atom stereocenters. The van der Waals surface area contributed by atoms with Crippen molar-refractivity contribution >= 4 is 22.6 Å². The molecule has 0 aromatic carbocycles. The summed E-state index contributed by atoms with van der Waals surface area (Å²) in [6.45, 7) is 2.40. The largest absolute Gasteiger partial charge is 0.334 e. The first kappa shape index (κ1) is 11.5. The number of nitrogens with one attached hydrogen (secondary N) is 2. The second-order valence-corrected chi connectivity index (χ2v) is 4.25. The zero-order chi connectivity index (χ0) is 12.3. The van der Waals surface area contributed by atoms with Crippen LogP contribution in [0.3, 0.4) is 0 Å². The summed E-state index contributed by atoms with van der Waals surface area (Å²) >= 11 is 1.13. The van der Waals surface area contributed by atoms with Gasteiger partial charge in [0.25, 0.3) is 0 Å². The quantitative estimate of drug-likeness (QED) is 0.850. The lowest BCUT2D eigenvalue weighted by atomic mass is 10.2. The van der Waals surface area contributed by atoms with Gasteiger partial charge in [-0.15, -0.1) is 5.10 Å². The summed E-state index contributed by atoms with van der Waals surface area (Å²) in [7, 11) is 1.86. The van der Waals surface area contributed by atoms with Crippen molar-refractivity contribution in [3.8, 4) is 0 Å². The predicted molar refractivity (Wildman–Crippen MR) is 63.7 cm³/mol. The van der Waals surface area contributed by atoms with Crippen LogP contribution in [0.15, 0.2) is 12.4 Å². The molecule has 2 aromatic rings. The van der Waals surface area contributed by atoms with Gasteiger partial charge in [-0.25, -0.2) is 4.79 Å². The highest BCUT2D eigenvalue weighted by Crippen LogP contribution is 2.09. The maximum Gasteiger partial charge on any atom is 0.320 e. The molecule has 2 rings (SSSR count). The Hall–Kier alpha value is -1.96. The number of carbonyl (C=O) groups is 1. The Balaban J connectivity index is 1.86. The van der Waals surface area contributed by atoms with Crippen LogP contribution in [0.4, 0.5) is 9.80 Å². The van der Waals surface area contributed by atoms with Crippen LogP contribution in [-0.4, -0.2) is 25.4 Å². The van der Waals surface area contributed by atoms with Crippen molar-refractivity contribution in [3.05, 3.63) is 23.7 Å². The maximum atomic E-state index is 11.5. The molecule has 2 N–H and O–H groups in total. The molecule has 2 heterocycles. The maximum absolute atomic E-state index is 11.5. The number of anilines is 1. The standard InChI is InChI=1S/C9H12N6OS/c1-6-7(4-12-15(6)2)3-10-9(16)13-8-5-11-14-17-8/h4-5H,3H2,1-2H3,(H2,10,13,16). The van der Waals surface area contributed by atoms with Crippen LogP contribution in [0.5, 0.6) is 0 Å². The molecule has 0 fully saturated rings. The van der Waals surface area contributed by atoms with Crippen molar-refractivity contribution in [3.63, 3.8) is 0 Å². The molecule has 0 aliphatic heterocycles. The smallest absolute Gasteiger partial charge is 0.320 e. The third-order valence-corrected chi connectivity index (χ3v) is 2.95. The molecule has 0 radical (unpaired) electrons. The summed E-state index contributed by atoms with van der Waals surface area (Å²) < 4.78 is 5.41. The lowest BCUT2D eigenvalue weighted by Gasteiger charge is -2.04. The van der Waals surface area contributed by atoms with Gasteiger partial charge in [-0.1, -0.05) is 4.49 Å². The monoisotopic (exact) mass is 252 g/mol. The summed E-state index contributed by atoms with van der Waals surface area (Å²) in [5.74, 6) is 0. The summed E-state index contributed by atoms with van der Waals surface area (Å²) in [4.78, 5) is 11.5. The zero-order valence-corrected chi connectivity index (χ0v) is 10.3. The van der Waals surface area contributed by atoms with Crippen LogP contribution >= 0.6 is 11.5 Å². The molecule has 7 nitrogen and oxygen atoms in total. The third kappa shape index (κ3) is 2.78. The lowest BCUT2D eigenvalue weighted by Crippen LogP contribution is -2.27. The van der Waals surface area contributed by atoms with Gasteiger partial charge >= 0.3 is 6.03 Å². The molecule has 0 saturated heterocycles. The van der Waals surface area contributed by atoms with Gasteiger partial charge < -0.3 is 5.32 Å². The van der Waals surface area contributed by atoms with E-state index in [2.05, 4.69) is 25.3 Å². The van der Waals surface area contributed by atoms with E-state index in [0.717, 1.165) is 22.8 Å². The van der Waals surface area contributed by atoms with Crippen LogP contribution in [0.2, 0.25) is 0 Å². The first-order valence-electron chi connectivity index (χ1n) is 4.96. The number of amides is 2. The molecule has 2 aromatic heterocycles. The van der Waals surface area contributed by atoms with Crippen molar-refractivity contribution < 1.29 is 4.79 Å². The fourth-order valence-corrected chi connectivity index (χ4v) is 1.69. The number of nitrogens with zero attached hydrogens (tertiary/aromatic N) is 4. The van der Waals surface area contributed by atoms with E-state index >= 15 is 0 Å². The molecule has 0 spiro atoms.